The molecule has 1 saturated heterocycles. The van der Waals surface area contributed by atoms with Crippen molar-refractivity contribution in [2.45, 2.75) is 91.6 Å². The fourth-order valence-electron chi connectivity index (χ4n) is 2.54. The van der Waals surface area contributed by atoms with Gasteiger partial charge in [-0.25, -0.2) is 9.59 Å². The van der Waals surface area contributed by atoms with Gasteiger partial charge in [-0.3, -0.25) is 4.79 Å². The number of carbonyl (C=O) groups is 3. The fraction of sp³-hybridized carbons (Fsp3) is 0.857. The van der Waals surface area contributed by atoms with Gasteiger partial charge in [0, 0.05) is 5.92 Å². The summed E-state index contributed by atoms with van der Waals surface area (Å²) in [6, 6.07) is -1.13. The molecule has 0 spiro atoms. The largest absolute Gasteiger partial charge is 0.457 e. The number of hydrogen-bond donors (Lipinski definition) is 2. The lowest BCUT2D eigenvalue weighted by Crippen LogP contribution is -2.49. The molecule has 180 valence electrons. The maximum atomic E-state index is 12.6. The SMILES string of the molecule is CC(C)C(=O)O[C@H]1[C@H](C)OC(=O)[C@@H](NC(=O)OC(C)(C)C)COC[C@@H]1OC(O)C(C)C. The molecule has 2 N–H and O–H groups in total. The molecule has 0 aliphatic carbocycles. The van der Waals surface area contributed by atoms with Crippen LogP contribution < -0.4 is 5.32 Å². The first-order valence-corrected chi connectivity index (χ1v) is 10.5. The molecule has 1 amide bonds. The minimum absolute atomic E-state index is 0.104. The van der Waals surface area contributed by atoms with E-state index in [4.69, 9.17) is 23.7 Å². The average Bonchev–Trinajstić information content (AvgIpc) is 2.65. The quantitative estimate of drug-likeness (QED) is 0.355. The standard InChI is InChI=1S/C21H37NO9/c1-11(2)17(23)29-15-10-27-9-14(22-20(26)31-21(6,7)8)19(25)28-13(5)16(15)30-18(24)12(3)4/h11-17,23H,9-10H2,1-8H3,(H,22,26)/t13-,14-,15-,16-,17?/m0/s1. The van der Waals surface area contributed by atoms with Crippen LogP contribution in [-0.4, -0.2) is 72.6 Å². The Hall–Kier alpha value is -1.91. The van der Waals surface area contributed by atoms with E-state index in [0.717, 1.165) is 0 Å². The lowest BCUT2D eigenvalue weighted by molar-refractivity contribution is -0.220. The van der Waals surface area contributed by atoms with E-state index in [1.165, 1.54) is 0 Å². The highest BCUT2D eigenvalue weighted by atomic mass is 16.7. The second kappa shape index (κ2) is 11.6. The van der Waals surface area contributed by atoms with Crippen molar-refractivity contribution in [2.24, 2.45) is 11.8 Å². The number of hydrogen-bond acceptors (Lipinski definition) is 9. The summed E-state index contributed by atoms with van der Waals surface area (Å²) in [5, 5.41) is 12.6. The lowest BCUT2D eigenvalue weighted by atomic mass is 10.1. The van der Waals surface area contributed by atoms with Crippen LogP contribution >= 0.6 is 0 Å². The Morgan fingerprint density at radius 2 is 1.77 bits per heavy atom. The Kier molecular flexibility index (Phi) is 10.2. The molecule has 0 bridgehead atoms. The number of amides is 1. The monoisotopic (exact) mass is 447 g/mol. The van der Waals surface area contributed by atoms with Crippen LogP contribution in [0, 0.1) is 11.8 Å². The third-order valence-corrected chi connectivity index (χ3v) is 4.28. The van der Waals surface area contributed by atoms with E-state index in [1.54, 1.807) is 55.4 Å². The number of aliphatic hydroxyl groups excluding tert-OH is 1. The Balaban J connectivity index is 3.04. The van der Waals surface area contributed by atoms with E-state index in [9.17, 15) is 19.5 Å². The molecule has 0 saturated carbocycles. The summed E-state index contributed by atoms with van der Waals surface area (Å²) in [5.74, 6) is -1.93. The Morgan fingerprint density at radius 3 is 2.29 bits per heavy atom. The second-order valence-electron chi connectivity index (χ2n) is 9.24. The van der Waals surface area contributed by atoms with E-state index >= 15 is 0 Å². The van der Waals surface area contributed by atoms with Gasteiger partial charge in [-0.15, -0.1) is 0 Å². The third-order valence-electron chi connectivity index (χ3n) is 4.28. The zero-order valence-corrected chi connectivity index (χ0v) is 19.7. The van der Waals surface area contributed by atoms with Gasteiger partial charge < -0.3 is 34.1 Å². The van der Waals surface area contributed by atoms with E-state index < -0.39 is 60.2 Å². The molecule has 1 unspecified atom stereocenters. The molecule has 1 aliphatic heterocycles. The molecule has 0 aromatic carbocycles. The molecule has 10 heteroatoms. The fourth-order valence-corrected chi connectivity index (χ4v) is 2.54. The molecular weight excluding hydrogens is 410 g/mol. The van der Waals surface area contributed by atoms with Crippen molar-refractivity contribution < 1.29 is 43.2 Å². The van der Waals surface area contributed by atoms with Crippen LogP contribution in [0.15, 0.2) is 0 Å². The lowest BCUT2D eigenvalue weighted by Gasteiger charge is -2.32. The van der Waals surface area contributed by atoms with Gasteiger partial charge >= 0.3 is 18.0 Å². The van der Waals surface area contributed by atoms with Crippen molar-refractivity contribution >= 4 is 18.0 Å². The van der Waals surface area contributed by atoms with Gasteiger partial charge in [0.25, 0.3) is 0 Å². The van der Waals surface area contributed by atoms with Gasteiger partial charge in [0.15, 0.2) is 18.4 Å². The van der Waals surface area contributed by atoms with Crippen LogP contribution in [-0.2, 0) is 33.3 Å². The Morgan fingerprint density at radius 1 is 1.16 bits per heavy atom. The van der Waals surface area contributed by atoms with Crippen LogP contribution in [0.3, 0.4) is 0 Å². The normalized spacial score (nSPS) is 26.4. The summed E-state index contributed by atoms with van der Waals surface area (Å²) in [6.45, 7) is 13.2. The number of alkyl carbamates (subject to hydrolysis) is 1. The number of esters is 2. The molecule has 0 radical (unpaired) electrons. The molecule has 31 heavy (non-hydrogen) atoms. The molecule has 1 fully saturated rings. The summed E-state index contributed by atoms with van der Waals surface area (Å²) in [7, 11) is 0. The number of rotatable bonds is 6. The first kappa shape index (κ1) is 27.1. The minimum atomic E-state index is -1.15. The van der Waals surface area contributed by atoms with Gasteiger partial charge in [-0.2, -0.15) is 0 Å². The van der Waals surface area contributed by atoms with Crippen molar-refractivity contribution in [3.63, 3.8) is 0 Å². The Labute approximate surface area is 183 Å². The summed E-state index contributed by atoms with van der Waals surface area (Å²) in [4.78, 5) is 36.9. The molecular formula is C21H37NO9. The van der Waals surface area contributed by atoms with Gasteiger partial charge in [0.1, 0.15) is 17.8 Å². The topological polar surface area (TPSA) is 130 Å². The molecule has 0 aromatic rings. The molecule has 0 aromatic heterocycles. The van der Waals surface area contributed by atoms with Crippen LogP contribution in [0.4, 0.5) is 4.79 Å². The van der Waals surface area contributed by atoms with E-state index in [0.29, 0.717) is 0 Å². The first-order chi connectivity index (χ1) is 14.2. The van der Waals surface area contributed by atoms with Crippen LogP contribution in [0.5, 0.6) is 0 Å². The number of aliphatic hydroxyl groups is 1. The molecule has 1 rings (SSSR count). The van der Waals surface area contributed by atoms with Crippen LogP contribution in [0.2, 0.25) is 0 Å². The van der Waals surface area contributed by atoms with Gasteiger partial charge in [-0.05, 0) is 27.7 Å². The van der Waals surface area contributed by atoms with Gasteiger partial charge in [-0.1, -0.05) is 27.7 Å². The van der Waals surface area contributed by atoms with Crippen LogP contribution in [0.25, 0.3) is 0 Å². The third kappa shape index (κ3) is 9.40. The predicted molar refractivity (Wildman–Crippen MR) is 110 cm³/mol. The highest BCUT2D eigenvalue weighted by molar-refractivity contribution is 5.81. The number of cyclic esters (lactones) is 1. The zero-order chi connectivity index (χ0) is 23.9. The number of nitrogens with one attached hydrogen (secondary N) is 1. The highest BCUT2D eigenvalue weighted by Gasteiger charge is 2.39. The molecule has 5 atom stereocenters. The van der Waals surface area contributed by atoms with E-state index in [2.05, 4.69) is 5.32 Å². The first-order valence-electron chi connectivity index (χ1n) is 10.5. The van der Waals surface area contributed by atoms with Crippen molar-refractivity contribution in [1.82, 2.24) is 5.32 Å². The van der Waals surface area contributed by atoms with Crippen molar-refractivity contribution in [3.05, 3.63) is 0 Å². The predicted octanol–water partition coefficient (Wildman–Crippen LogP) is 1.77. The van der Waals surface area contributed by atoms with E-state index in [1.807, 2.05) is 0 Å². The van der Waals surface area contributed by atoms with Crippen molar-refractivity contribution in [3.8, 4) is 0 Å². The summed E-state index contributed by atoms with van der Waals surface area (Å²) in [6.07, 6.45) is -4.79. The highest BCUT2D eigenvalue weighted by Crippen LogP contribution is 2.20. The average molecular weight is 448 g/mol. The maximum Gasteiger partial charge on any atom is 0.408 e. The van der Waals surface area contributed by atoms with Gasteiger partial charge in [0.05, 0.1) is 19.1 Å². The summed E-state index contributed by atoms with van der Waals surface area (Å²) in [5.41, 5.74) is -0.747. The zero-order valence-electron chi connectivity index (χ0n) is 19.7. The molecule has 1 aliphatic rings. The van der Waals surface area contributed by atoms with Gasteiger partial charge in [0.2, 0.25) is 0 Å². The Bertz CT molecular complexity index is 614. The van der Waals surface area contributed by atoms with Crippen LogP contribution in [0.1, 0.15) is 55.4 Å². The van der Waals surface area contributed by atoms with Crippen molar-refractivity contribution in [1.29, 1.82) is 0 Å². The number of ether oxygens (including phenoxy) is 5. The van der Waals surface area contributed by atoms with Crippen molar-refractivity contribution in [2.75, 3.05) is 13.2 Å². The maximum absolute atomic E-state index is 12.6. The second-order valence-corrected chi connectivity index (χ2v) is 9.24. The number of carbonyl (C=O) groups excluding carboxylic acids is 3. The summed E-state index contributed by atoms with van der Waals surface area (Å²) < 4.78 is 27.4. The van der Waals surface area contributed by atoms with E-state index in [-0.39, 0.29) is 19.1 Å². The summed E-state index contributed by atoms with van der Waals surface area (Å²) >= 11 is 0. The molecule has 1 heterocycles. The molecule has 10 nitrogen and oxygen atoms in total. The smallest absolute Gasteiger partial charge is 0.408 e. The minimum Gasteiger partial charge on any atom is -0.457 e.